The fourth-order valence-corrected chi connectivity index (χ4v) is 5.12. The van der Waals surface area contributed by atoms with Crippen LogP contribution >= 0.6 is 0 Å². The second-order valence-corrected chi connectivity index (χ2v) is 10.4. The van der Waals surface area contributed by atoms with Gasteiger partial charge in [-0.3, -0.25) is 0 Å². The molecule has 3 rings (SSSR count). The maximum atomic E-state index is 6.01. The molecule has 0 amide bonds. The number of hydrogen-bond donors (Lipinski definition) is 1. The molecule has 0 radical (unpaired) electrons. The van der Waals surface area contributed by atoms with Crippen LogP contribution in [0.1, 0.15) is 121 Å². The molecule has 0 aliphatic carbocycles. The summed E-state index contributed by atoms with van der Waals surface area (Å²) in [6, 6.07) is 10.7. The minimum atomic E-state index is 0.144. The fourth-order valence-electron chi connectivity index (χ4n) is 5.12. The van der Waals surface area contributed by atoms with E-state index in [2.05, 4.69) is 50.7 Å². The summed E-state index contributed by atoms with van der Waals surface area (Å²) >= 11 is 0. The summed E-state index contributed by atoms with van der Waals surface area (Å²) in [5.41, 5.74) is 8.70. The molecule has 6 heteroatoms. The van der Waals surface area contributed by atoms with Crippen LogP contribution < -0.4 is 5.73 Å². The van der Waals surface area contributed by atoms with Crippen molar-refractivity contribution in [2.45, 2.75) is 116 Å². The van der Waals surface area contributed by atoms with Gasteiger partial charge in [0.15, 0.2) is 11.5 Å². The Kier molecular flexibility index (Phi) is 14.1. The van der Waals surface area contributed by atoms with Crippen molar-refractivity contribution in [2.75, 3.05) is 18.9 Å². The van der Waals surface area contributed by atoms with Gasteiger partial charge in [0.25, 0.3) is 0 Å². The lowest BCUT2D eigenvalue weighted by atomic mass is 10.0. The molecule has 1 unspecified atom stereocenters. The van der Waals surface area contributed by atoms with Gasteiger partial charge in [-0.15, -0.1) is 0 Å². The Labute approximate surface area is 224 Å². The standard InChI is InChI=1S/C31H49N5O/c1-2-3-4-5-6-7-8-9-10-11-12-13-14-18-23-37-24-19-22-28(27-20-16-15-17-21-27)36-26-35-29-30(32)33-25-34-31(29)36/h15-17,20-21,25-26,28H,2-14,18-19,22-24H2,1H3,(H2,32,33,34). The topological polar surface area (TPSA) is 78.9 Å². The Balaban J connectivity index is 1.24. The van der Waals surface area contributed by atoms with E-state index in [0.29, 0.717) is 11.3 Å². The van der Waals surface area contributed by atoms with E-state index in [-0.39, 0.29) is 6.04 Å². The van der Waals surface area contributed by atoms with Crippen LogP contribution in [0.25, 0.3) is 11.2 Å². The number of anilines is 1. The van der Waals surface area contributed by atoms with Crippen molar-refractivity contribution in [2.24, 2.45) is 0 Å². The van der Waals surface area contributed by atoms with E-state index in [1.165, 1.54) is 102 Å². The van der Waals surface area contributed by atoms with Crippen LogP contribution in [-0.2, 0) is 4.74 Å². The summed E-state index contributed by atoms with van der Waals surface area (Å²) in [4.78, 5) is 13.0. The molecule has 204 valence electrons. The maximum absolute atomic E-state index is 6.01. The molecule has 37 heavy (non-hydrogen) atoms. The minimum absolute atomic E-state index is 0.144. The van der Waals surface area contributed by atoms with Gasteiger partial charge < -0.3 is 15.0 Å². The van der Waals surface area contributed by atoms with E-state index in [1.54, 1.807) is 0 Å². The van der Waals surface area contributed by atoms with Crippen LogP contribution in [0.15, 0.2) is 43.0 Å². The monoisotopic (exact) mass is 507 g/mol. The molecule has 1 aromatic carbocycles. The molecule has 0 bridgehead atoms. The lowest BCUT2D eigenvalue weighted by molar-refractivity contribution is 0.124. The number of unbranched alkanes of at least 4 members (excludes halogenated alkanes) is 13. The summed E-state index contributed by atoms with van der Waals surface area (Å²) in [6.07, 6.45) is 24.7. The number of rotatable bonds is 21. The smallest absolute Gasteiger partial charge is 0.165 e. The molecule has 2 heterocycles. The van der Waals surface area contributed by atoms with Gasteiger partial charge in [0.05, 0.1) is 12.4 Å². The number of benzene rings is 1. The van der Waals surface area contributed by atoms with Gasteiger partial charge in [0, 0.05) is 13.2 Å². The van der Waals surface area contributed by atoms with Gasteiger partial charge >= 0.3 is 0 Å². The van der Waals surface area contributed by atoms with Gasteiger partial charge in [-0.05, 0) is 24.8 Å². The van der Waals surface area contributed by atoms with Crippen molar-refractivity contribution in [1.82, 2.24) is 19.5 Å². The first-order chi connectivity index (χ1) is 18.3. The number of imidazole rings is 1. The average Bonchev–Trinajstić information content (AvgIpc) is 3.36. The van der Waals surface area contributed by atoms with Crippen LogP contribution in [0.4, 0.5) is 5.82 Å². The van der Waals surface area contributed by atoms with Crippen LogP contribution in [0.3, 0.4) is 0 Å². The average molecular weight is 508 g/mol. The van der Waals surface area contributed by atoms with E-state index in [0.717, 1.165) is 31.7 Å². The number of ether oxygens (including phenoxy) is 1. The van der Waals surface area contributed by atoms with Crippen LogP contribution in [0, 0.1) is 0 Å². The fraction of sp³-hybridized carbons (Fsp3) is 0.645. The minimum Gasteiger partial charge on any atom is -0.382 e. The molecule has 0 saturated carbocycles. The molecule has 1 atom stereocenters. The van der Waals surface area contributed by atoms with Crippen molar-refractivity contribution < 1.29 is 4.74 Å². The first kappa shape index (κ1) is 29.1. The number of nitrogens with two attached hydrogens (primary N) is 1. The molecule has 0 aliphatic heterocycles. The highest BCUT2D eigenvalue weighted by molar-refractivity contribution is 5.81. The van der Waals surface area contributed by atoms with Crippen LogP contribution in [0.5, 0.6) is 0 Å². The van der Waals surface area contributed by atoms with Crippen molar-refractivity contribution in [1.29, 1.82) is 0 Å². The third kappa shape index (κ3) is 10.4. The summed E-state index contributed by atoms with van der Waals surface area (Å²) in [7, 11) is 0. The SMILES string of the molecule is CCCCCCCCCCCCCCCCOCCCC(c1ccccc1)n1cnc2c(N)ncnc21. The van der Waals surface area contributed by atoms with E-state index in [4.69, 9.17) is 10.5 Å². The summed E-state index contributed by atoms with van der Waals surface area (Å²) in [5, 5.41) is 0. The Morgan fingerprint density at radius 2 is 1.32 bits per heavy atom. The van der Waals surface area contributed by atoms with Gasteiger partial charge in [-0.1, -0.05) is 121 Å². The Morgan fingerprint density at radius 1 is 0.730 bits per heavy atom. The number of nitrogen functional groups attached to an aromatic ring is 1. The summed E-state index contributed by atoms with van der Waals surface area (Å²) in [5.74, 6) is 0.423. The van der Waals surface area contributed by atoms with Gasteiger partial charge in [-0.2, -0.15) is 0 Å². The Morgan fingerprint density at radius 3 is 1.97 bits per heavy atom. The van der Waals surface area contributed by atoms with E-state index < -0.39 is 0 Å². The molecule has 6 nitrogen and oxygen atoms in total. The zero-order chi connectivity index (χ0) is 26.0. The van der Waals surface area contributed by atoms with Gasteiger partial charge in [0.2, 0.25) is 0 Å². The third-order valence-corrected chi connectivity index (χ3v) is 7.32. The molecule has 0 fully saturated rings. The van der Waals surface area contributed by atoms with E-state index in [9.17, 15) is 0 Å². The highest BCUT2D eigenvalue weighted by Crippen LogP contribution is 2.27. The normalized spacial score (nSPS) is 12.4. The number of aromatic nitrogens is 4. The summed E-state index contributed by atoms with van der Waals surface area (Å²) < 4.78 is 8.10. The summed E-state index contributed by atoms with van der Waals surface area (Å²) in [6.45, 7) is 3.94. The second kappa shape index (κ2) is 17.9. The number of fused-ring (bicyclic) bond motifs is 1. The van der Waals surface area contributed by atoms with E-state index >= 15 is 0 Å². The first-order valence-corrected chi connectivity index (χ1v) is 14.9. The van der Waals surface area contributed by atoms with Crippen LogP contribution in [0.2, 0.25) is 0 Å². The number of hydrogen-bond acceptors (Lipinski definition) is 5. The molecular formula is C31H49N5O. The third-order valence-electron chi connectivity index (χ3n) is 7.32. The predicted molar refractivity (Wildman–Crippen MR) is 155 cm³/mol. The van der Waals surface area contributed by atoms with Crippen molar-refractivity contribution >= 4 is 17.0 Å². The first-order valence-electron chi connectivity index (χ1n) is 14.9. The zero-order valence-corrected chi connectivity index (χ0v) is 23.1. The van der Waals surface area contributed by atoms with E-state index in [1.807, 2.05) is 12.4 Å². The molecule has 3 aromatic rings. The molecule has 2 aromatic heterocycles. The molecule has 0 spiro atoms. The zero-order valence-electron chi connectivity index (χ0n) is 23.1. The van der Waals surface area contributed by atoms with Crippen molar-refractivity contribution in [3.63, 3.8) is 0 Å². The number of nitrogens with zero attached hydrogens (tertiary/aromatic N) is 4. The maximum Gasteiger partial charge on any atom is 0.165 e. The Hall–Kier alpha value is -2.47. The molecular weight excluding hydrogens is 458 g/mol. The second-order valence-electron chi connectivity index (χ2n) is 10.4. The molecule has 0 saturated heterocycles. The lowest BCUT2D eigenvalue weighted by Crippen LogP contribution is -2.12. The highest BCUT2D eigenvalue weighted by Gasteiger charge is 2.18. The van der Waals surface area contributed by atoms with Crippen molar-refractivity contribution in [3.05, 3.63) is 48.5 Å². The van der Waals surface area contributed by atoms with Crippen LogP contribution in [-0.4, -0.2) is 32.7 Å². The van der Waals surface area contributed by atoms with Crippen molar-refractivity contribution in [3.8, 4) is 0 Å². The lowest BCUT2D eigenvalue weighted by Gasteiger charge is -2.19. The highest BCUT2D eigenvalue weighted by atomic mass is 16.5. The van der Waals surface area contributed by atoms with Gasteiger partial charge in [0.1, 0.15) is 11.8 Å². The molecule has 0 aliphatic rings. The quantitative estimate of drug-likeness (QED) is 0.147. The molecule has 2 N–H and O–H groups in total. The Bertz CT molecular complexity index is 974. The largest absolute Gasteiger partial charge is 0.382 e. The predicted octanol–water partition coefficient (Wildman–Crippen LogP) is 8.28. The van der Waals surface area contributed by atoms with Gasteiger partial charge in [-0.25, -0.2) is 15.0 Å².